The van der Waals surface area contributed by atoms with Crippen LogP contribution in [0.4, 0.5) is 23.3 Å². The zero-order valence-electron chi connectivity index (χ0n) is 59.7. The number of nitrogens with two attached hydrogens (primary N) is 5. The van der Waals surface area contributed by atoms with Crippen molar-refractivity contribution in [1.29, 1.82) is 0 Å². The van der Waals surface area contributed by atoms with E-state index in [4.69, 9.17) is 58.7 Å². The quantitative estimate of drug-likeness (QED) is 0.0726. The summed E-state index contributed by atoms with van der Waals surface area (Å²) in [6.45, 7) is 9.56. The predicted molar refractivity (Wildman–Crippen MR) is 389 cm³/mol. The van der Waals surface area contributed by atoms with Crippen molar-refractivity contribution in [1.82, 2.24) is 111 Å². The molecule has 6 aliphatic rings. The molecule has 596 valence electrons. The van der Waals surface area contributed by atoms with E-state index >= 15 is 0 Å². The maximum absolute atomic E-state index is 14.1. The number of aliphatic hydroxyl groups excluding tert-OH is 2. The average molecular weight is 1630 g/mol. The van der Waals surface area contributed by atoms with E-state index in [0.717, 1.165) is 0 Å². The van der Waals surface area contributed by atoms with Crippen LogP contribution in [0.15, 0.2) is 81.0 Å². The number of amides is 1. The molecule has 15 rings (SSSR count). The first-order valence-corrected chi connectivity index (χ1v) is 42.1. The van der Waals surface area contributed by atoms with Crippen molar-refractivity contribution in [3.05, 3.63) is 86.5 Å². The maximum atomic E-state index is 14.1. The van der Waals surface area contributed by atoms with Gasteiger partial charge in [-0.3, -0.25) is 41.2 Å². The second-order valence-corrected chi connectivity index (χ2v) is 37.4. The number of nitrogens with one attached hydrogen (secondary N) is 5. The molecule has 0 spiro atoms. The molecule has 1 amide bonds. The number of imidazole rings is 4. The van der Waals surface area contributed by atoms with Gasteiger partial charge in [0, 0.05) is 11.5 Å². The number of fused-ring (bicyclic) bond motifs is 8. The number of carbonyl (C=O) groups excluding carboxylic acids is 1. The van der Waals surface area contributed by atoms with E-state index in [2.05, 4.69) is 96.9 Å². The van der Waals surface area contributed by atoms with E-state index in [1.165, 1.54) is 73.8 Å². The molecule has 20 atom stereocenters. The maximum Gasteiger partial charge on any atom is 0.403 e. The van der Waals surface area contributed by atoms with E-state index in [9.17, 15) is 52.8 Å². The molecule has 4 unspecified atom stereocenters. The number of hydrogen-bond acceptors (Lipinski definition) is 35. The van der Waals surface area contributed by atoms with Crippen molar-refractivity contribution in [2.45, 2.75) is 138 Å². The van der Waals surface area contributed by atoms with Crippen LogP contribution in [-0.2, 0) is 59.7 Å². The predicted octanol–water partition coefficient (Wildman–Crippen LogP) is 0.471. The Hall–Kier alpha value is -7.49. The van der Waals surface area contributed by atoms with Crippen LogP contribution in [-0.4, -0.2) is 230 Å². The van der Waals surface area contributed by atoms with Crippen molar-refractivity contribution in [2.75, 3.05) is 63.0 Å². The van der Waals surface area contributed by atoms with Gasteiger partial charge in [0.05, 0.1) is 75.9 Å². The van der Waals surface area contributed by atoms with Gasteiger partial charge in [0.1, 0.15) is 90.8 Å². The highest BCUT2D eigenvalue weighted by atomic mass is 31.2. The van der Waals surface area contributed by atoms with E-state index < -0.39 is 169 Å². The Morgan fingerprint density at radius 1 is 0.505 bits per heavy atom. The van der Waals surface area contributed by atoms with E-state index in [0.29, 0.717) is 16.7 Å². The lowest BCUT2D eigenvalue weighted by molar-refractivity contribution is -0.0483. The molecule has 109 heavy (non-hydrogen) atoms. The number of carbonyl (C=O) groups is 1. The topological polar surface area (TPSA) is 724 Å². The number of rotatable bonds is 8. The highest BCUT2D eigenvalue weighted by Crippen LogP contribution is 2.52. The first kappa shape index (κ1) is 84.0. The van der Waals surface area contributed by atoms with Crippen LogP contribution >= 0.6 is 31.0 Å². The second kappa shape index (κ2) is 33.1. The number of ether oxygens (including phenoxy) is 4. The first-order valence-electron chi connectivity index (χ1n) is 32.9. The average Bonchev–Trinajstić information content (AvgIpc) is 1.61. The van der Waals surface area contributed by atoms with Gasteiger partial charge in [0.15, 0.2) is 78.4 Å². The molecule has 6 saturated heterocycles. The second-order valence-electron chi connectivity index (χ2n) is 26.4. The number of nitrogen functional groups attached to an aromatic ring is 3. The molecule has 0 saturated carbocycles. The van der Waals surface area contributed by atoms with Crippen molar-refractivity contribution in [2.24, 2.45) is 17.4 Å². The van der Waals surface area contributed by atoms with Crippen molar-refractivity contribution >= 4 is 113 Å². The summed E-state index contributed by atoms with van der Waals surface area (Å²) < 4.78 is 114. The Morgan fingerprint density at radius 3 is 1.26 bits per heavy atom. The number of aliphatic hydroxyl groups is 2. The summed E-state index contributed by atoms with van der Waals surface area (Å²) in [5.74, 6) is -0.526. The minimum Gasteiger partial charge on any atom is -0.408 e. The third-order valence-corrected chi connectivity index (χ3v) is 27.8. The molecule has 48 nitrogen and oxygen atoms in total. The van der Waals surface area contributed by atoms with Crippen LogP contribution in [0.2, 0.25) is 18.1 Å². The molecule has 53 heteroatoms. The largest absolute Gasteiger partial charge is 0.408 e. The fraction of sp³-hybridized carbons (Fsp3) is 0.518. The van der Waals surface area contributed by atoms with Gasteiger partial charge in [0.2, 0.25) is 0 Å². The molecule has 8 aromatic heterocycles. The van der Waals surface area contributed by atoms with Gasteiger partial charge >= 0.3 is 31.0 Å². The summed E-state index contributed by atoms with van der Waals surface area (Å²) in [6, 6.07) is 3.81. The lowest BCUT2D eigenvalue weighted by Gasteiger charge is -2.41. The molecule has 0 radical (unpaired) electrons. The smallest absolute Gasteiger partial charge is 0.403 e. The Morgan fingerprint density at radius 2 is 0.835 bits per heavy atom. The van der Waals surface area contributed by atoms with Crippen molar-refractivity contribution in [3.8, 4) is 0 Å². The fourth-order valence-electron chi connectivity index (χ4n) is 12.7. The van der Waals surface area contributed by atoms with Gasteiger partial charge in [-0.25, -0.2) is 98.4 Å². The van der Waals surface area contributed by atoms with Gasteiger partial charge in [0.25, 0.3) is 5.91 Å². The Kier molecular flexibility index (Phi) is 25.5. The third-order valence-electron chi connectivity index (χ3n) is 18.9. The van der Waals surface area contributed by atoms with Crippen LogP contribution in [0.1, 0.15) is 63.0 Å². The summed E-state index contributed by atoms with van der Waals surface area (Å²) in [7, 11) is -18.5. The minimum absolute atomic E-state index is 0. The Labute approximate surface area is 620 Å². The molecule has 6 aliphatic heterocycles. The summed E-state index contributed by atoms with van der Waals surface area (Å²) in [5, 5.41) is 35.0. The number of benzene rings is 1. The number of hydrogen-bond donors (Lipinski definition) is 18. The molecule has 6 fully saturated rings. The molecule has 1 aromatic carbocycles. The van der Waals surface area contributed by atoms with Gasteiger partial charge in [-0.1, -0.05) is 45.9 Å². The molecule has 0 bridgehead atoms. The molecular formula is C56H88N28O20P4Si. The normalized spacial score (nSPS) is 32.9. The number of nitrogens with zero attached hydrogens (tertiary/aromatic N) is 16. The van der Waals surface area contributed by atoms with Crippen molar-refractivity contribution < 1.29 is 94.3 Å². The van der Waals surface area contributed by atoms with Crippen LogP contribution in [0.3, 0.4) is 0 Å². The highest BCUT2D eigenvalue weighted by molar-refractivity contribution is 7.51. The zero-order valence-corrected chi connectivity index (χ0v) is 64.3. The zero-order chi connectivity index (χ0) is 77.0. The lowest BCUT2D eigenvalue weighted by Crippen LogP contribution is -2.53. The highest BCUT2D eigenvalue weighted by Gasteiger charge is 2.57. The first-order chi connectivity index (χ1) is 50.7. The Balaban J connectivity index is 0.000000226. The molecule has 0 aliphatic carbocycles. The SMILES string of the molecule is CN.CN.C[C@@H]1[C@@H]2NP(=O)(O)OC[C@H]3O[C@@H](n4cnc5c(NC(=O)c6ccccc6)ncnc54)[C@H](O[Si](C)(C)C(C)(C)C)[C@@H]3NP(=O)(O)OC[C@H]2O[C@H]1n1cnc2c(N)ncnc21.N.N.Nc1ncnc2c1ncn2[C@@H]1O[C@@H]2COP(=O)(O)N[C@H]3[C@@H](O)[C@H](n4cnc5c(N)ncnc54)O[C@@H]3COP(=O)(O)N[C@H]2[C@H]1O. The van der Waals surface area contributed by atoms with Crippen LogP contribution in [0, 0.1) is 5.92 Å². The monoisotopic (exact) mass is 1620 g/mol. The summed E-state index contributed by atoms with van der Waals surface area (Å²) >= 11 is 0. The van der Waals surface area contributed by atoms with E-state index in [1.54, 1.807) is 46.4 Å². The van der Waals surface area contributed by atoms with Crippen molar-refractivity contribution in [3.63, 3.8) is 0 Å². The lowest BCUT2D eigenvalue weighted by atomic mass is 10.00. The van der Waals surface area contributed by atoms with Gasteiger partial charge < -0.3 is 99.4 Å². The Bertz CT molecular complexity index is 4770. The fourth-order valence-corrected chi connectivity index (χ4v) is 18.5. The molecular weight excluding hydrogens is 1540 g/mol. The van der Waals surface area contributed by atoms with E-state index in [-0.39, 0.29) is 74.1 Å². The van der Waals surface area contributed by atoms with Crippen LogP contribution < -0.4 is 66.6 Å². The van der Waals surface area contributed by atoms with Gasteiger partial charge in [-0.2, -0.15) is 0 Å². The molecule has 9 aromatic rings. The van der Waals surface area contributed by atoms with Crippen LogP contribution in [0.25, 0.3) is 44.7 Å². The molecule has 27 N–H and O–H groups in total. The van der Waals surface area contributed by atoms with E-state index in [1.807, 2.05) is 33.9 Å². The summed E-state index contributed by atoms with van der Waals surface area (Å²) in [5.41, 5.74) is 29.1. The summed E-state index contributed by atoms with van der Waals surface area (Å²) in [4.78, 5) is 107. The summed E-state index contributed by atoms with van der Waals surface area (Å²) in [6.07, 6.45) is -2.88. The molecule has 14 heterocycles. The minimum atomic E-state index is -4.73. The number of anilines is 4. The number of aromatic nitrogens is 16. The van der Waals surface area contributed by atoms with Crippen LogP contribution in [0.5, 0.6) is 0 Å². The third kappa shape index (κ3) is 17.1. The van der Waals surface area contributed by atoms with Gasteiger partial charge in [-0.05, 0) is 44.4 Å². The standard InChI is InChI=1S/C34H46N12O10P2Si.C20H26N12O10P2.2CH5N.2H3N/c1-18-22-20(54-32(18)45-16-40-24-27(35)36-14-38-29(24)45)12-52-58(50,51)44-23-21(13-53-57(48,49)43-22)55-33(26(23)56-59(5,6)34(2,3)4)46-17-41-25-28(37-15-39-30(25)46)42-31(47)19-10-8-7-9-11-19;21-15-11-17(25-3-23-15)31(5-27-11)19-13(33)9-7(41-19)1-39-43(35,36)30-10-8(2-40-44(37,38)29-9)42-20(14(10)34)32-6-28-12-16(22)24-4-26-18(12)32;2*1-2;;/h7-11,14-18,20-23,26,32-33H,12-13H2,1-6H3,(H2,35,36,38)(H2,43,48,49)(H2,44,50,51)(H,37,39,42,47);3-10,13-14,19-20,33-34H,1-2H2,(H2,21,23,25)(H2,22,24,26)(H2,29,37,38)(H2,30,35,36);2*2H2,1H3;2*1H3/t18-,20-,21-,22+,23-,26-,32-,33-;7-,8-,9-,10-,13-,14-,19-,20-;;;;/m11..../s1. The van der Waals surface area contributed by atoms with Gasteiger partial charge in [-0.15, -0.1) is 0 Å².